The van der Waals surface area contributed by atoms with E-state index >= 15 is 0 Å². The number of carboxylic acids is 1. The molecule has 17 heteroatoms. The van der Waals surface area contributed by atoms with Crippen LogP contribution in [-0.2, 0) is 19.2 Å². The van der Waals surface area contributed by atoms with Gasteiger partial charge in [-0.05, 0) is 24.8 Å². The second-order valence-electron chi connectivity index (χ2n) is 8.90. The van der Waals surface area contributed by atoms with Gasteiger partial charge in [0.1, 0.15) is 11.4 Å². The molecular formula is C21H23N8NaO6S2. The molecule has 1 aromatic heterocycles. The van der Waals surface area contributed by atoms with Crippen molar-refractivity contribution in [3.05, 3.63) is 28.7 Å². The Labute approximate surface area is 247 Å². The molecule has 3 saturated heterocycles. The van der Waals surface area contributed by atoms with Crippen molar-refractivity contribution >= 4 is 57.8 Å². The number of carbonyl (C=O) groups is 4. The minimum atomic E-state index is -1.51. The van der Waals surface area contributed by atoms with E-state index in [2.05, 4.69) is 25.1 Å². The van der Waals surface area contributed by atoms with Crippen molar-refractivity contribution in [2.45, 2.75) is 36.7 Å². The molecule has 0 spiro atoms. The Morgan fingerprint density at radius 1 is 1.29 bits per heavy atom. The predicted molar refractivity (Wildman–Crippen MR) is 130 cm³/mol. The van der Waals surface area contributed by atoms with E-state index in [0.29, 0.717) is 18.5 Å². The zero-order valence-corrected chi connectivity index (χ0v) is 24.0. The van der Waals surface area contributed by atoms with Crippen molar-refractivity contribution in [3.8, 4) is 0 Å². The number of nitrogens with one attached hydrogen (secondary N) is 2. The molecule has 0 radical (unpaired) electrons. The van der Waals surface area contributed by atoms with Gasteiger partial charge in [-0.25, -0.2) is 0 Å². The summed E-state index contributed by atoms with van der Waals surface area (Å²) in [5, 5.41) is 29.2. The number of aliphatic carboxylic acids is 1. The summed E-state index contributed by atoms with van der Waals surface area (Å²) in [6.07, 6.45) is 4.17. The number of carboxylic acid groups (broad SMARTS) is 1. The number of oxime groups is 1. The number of thioether (sulfide) groups is 1. The van der Waals surface area contributed by atoms with Crippen molar-refractivity contribution in [2.75, 3.05) is 31.1 Å². The van der Waals surface area contributed by atoms with Crippen LogP contribution >= 0.6 is 23.3 Å². The Morgan fingerprint density at radius 2 is 2.03 bits per heavy atom. The molecule has 5 N–H and O–H groups in total. The van der Waals surface area contributed by atoms with E-state index in [4.69, 9.17) is 5.73 Å². The number of rotatable bonds is 6. The molecule has 3 amide bonds. The summed E-state index contributed by atoms with van der Waals surface area (Å²) in [7, 11) is 0. The van der Waals surface area contributed by atoms with Gasteiger partial charge in [0.2, 0.25) is 17.4 Å². The number of fused-ring (bicyclic) bond motifs is 1. The summed E-state index contributed by atoms with van der Waals surface area (Å²) in [4.78, 5) is 57.0. The number of aromatic nitrogens is 2. The summed E-state index contributed by atoms with van der Waals surface area (Å²) < 4.78 is 3.82. The van der Waals surface area contributed by atoms with Gasteiger partial charge >= 0.3 is 29.6 Å². The van der Waals surface area contributed by atoms with Gasteiger partial charge in [0.15, 0.2) is 5.13 Å². The van der Waals surface area contributed by atoms with Crippen LogP contribution in [-0.4, -0.2) is 96.6 Å². The number of nitrogens with zero attached hydrogens (tertiary/aromatic N) is 5. The predicted octanol–water partition coefficient (Wildman–Crippen LogP) is -5.38. The fraction of sp³-hybridized carbons (Fsp3) is 0.476. The van der Waals surface area contributed by atoms with Gasteiger partial charge < -0.3 is 36.4 Å². The standard InChI is InChI=1S/C21H24N8O6S2.Na/c22-21-25-15(27-37-21)12(26-35)16(30)24-13-18(32)29-14(20(33)34)10(8-36-19(13)29)5-9-6-11(23-7-9)17(31)28-3-1-2-4-28;/h5,11,13,19,23,35H,1-4,6-8H2,(H,24,30)(H,33,34)(H2,22,25,27);/q;+1/p-1/b9-5-,26-12-;/t11?,13-,19-;/m1./s1. The van der Waals surface area contributed by atoms with E-state index in [1.165, 1.54) is 11.8 Å². The zero-order chi connectivity index (χ0) is 26.3. The molecular weight excluding hydrogens is 547 g/mol. The molecule has 1 aromatic rings. The Bertz CT molecular complexity index is 1260. The van der Waals surface area contributed by atoms with E-state index in [-0.39, 0.29) is 63.9 Å². The Balaban J connectivity index is 0.00000336. The number of nitrogen functional groups attached to an aromatic ring is 1. The van der Waals surface area contributed by atoms with Crippen LogP contribution in [0.5, 0.6) is 0 Å². The monoisotopic (exact) mass is 570 g/mol. The van der Waals surface area contributed by atoms with Gasteiger partial charge in [-0.15, -0.1) is 11.8 Å². The maximum Gasteiger partial charge on any atom is 1.00 e. The average molecular weight is 571 g/mol. The van der Waals surface area contributed by atoms with E-state index in [0.717, 1.165) is 47.9 Å². The van der Waals surface area contributed by atoms with Crippen LogP contribution in [0.15, 0.2) is 28.1 Å². The molecule has 1 unspecified atom stereocenters. The van der Waals surface area contributed by atoms with Crippen molar-refractivity contribution in [1.29, 1.82) is 0 Å². The van der Waals surface area contributed by atoms with E-state index in [1.54, 1.807) is 6.08 Å². The first kappa shape index (κ1) is 28.5. The summed E-state index contributed by atoms with van der Waals surface area (Å²) in [6, 6.07) is -1.40. The molecule has 3 atom stereocenters. The number of carbonyl (C=O) groups excluding carboxylic acids is 4. The third-order valence-electron chi connectivity index (χ3n) is 6.58. The number of allylic oxidation sites excluding steroid dienone is 1. The third kappa shape index (κ3) is 5.33. The van der Waals surface area contributed by atoms with Gasteiger partial charge in [0.25, 0.3) is 11.8 Å². The normalized spacial score (nSPS) is 26.2. The summed E-state index contributed by atoms with van der Waals surface area (Å²) in [5.74, 6) is -2.95. The topological polar surface area (TPSA) is 206 Å². The second kappa shape index (κ2) is 11.7. The molecule has 0 bridgehead atoms. The number of anilines is 1. The molecule has 196 valence electrons. The van der Waals surface area contributed by atoms with Gasteiger partial charge in [-0.1, -0.05) is 16.8 Å². The SMILES string of the molecule is Nc1nc(/C(=N/O)C(=O)N[C@@H]2C(=O)N3C(C(=O)[O-])=C(/C=C4\CNC(C(=O)N5CCCC5)C4)CS[C@H]23)ns1.[Na+]. The maximum atomic E-state index is 12.9. The van der Waals surface area contributed by atoms with Crippen LogP contribution in [0.25, 0.3) is 0 Å². The number of β-lactam (4-membered cyclic amide) rings is 1. The molecule has 5 rings (SSSR count). The minimum absolute atomic E-state index is 0. The van der Waals surface area contributed by atoms with Crippen LogP contribution in [0.2, 0.25) is 0 Å². The quantitative estimate of drug-likeness (QED) is 0.0835. The maximum absolute atomic E-state index is 12.9. The van der Waals surface area contributed by atoms with Crippen molar-refractivity contribution in [2.24, 2.45) is 5.16 Å². The minimum Gasteiger partial charge on any atom is -0.543 e. The van der Waals surface area contributed by atoms with Crippen LogP contribution in [0.1, 0.15) is 25.1 Å². The number of amides is 3. The van der Waals surface area contributed by atoms with Crippen molar-refractivity contribution in [3.63, 3.8) is 0 Å². The van der Waals surface area contributed by atoms with Gasteiger partial charge in [0.05, 0.1) is 17.7 Å². The molecule has 38 heavy (non-hydrogen) atoms. The first-order chi connectivity index (χ1) is 17.8. The van der Waals surface area contributed by atoms with Crippen LogP contribution in [0.4, 0.5) is 5.13 Å². The molecule has 0 aliphatic carbocycles. The molecule has 0 aromatic carbocycles. The molecule has 14 nitrogen and oxygen atoms in total. The fourth-order valence-corrected chi connectivity index (χ4v) is 6.57. The zero-order valence-electron chi connectivity index (χ0n) is 20.4. The van der Waals surface area contributed by atoms with Crippen LogP contribution in [0.3, 0.4) is 0 Å². The van der Waals surface area contributed by atoms with E-state index < -0.39 is 34.9 Å². The second-order valence-corrected chi connectivity index (χ2v) is 10.8. The van der Waals surface area contributed by atoms with E-state index in [1.807, 2.05) is 4.90 Å². The van der Waals surface area contributed by atoms with Crippen LogP contribution in [0, 0.1) is 0 Å². The number of hydrogen-bond donors (Lipinski definition) is 4. The number of nitrogens with two attached hydrogens (primary N) is 1. The average Bonchev–Trinajstić information content (AvgIpc) is 3.65. The van der Waals surface area contributed by atoms with Gasteiger partial charge in [-0.2, -0.15) is 9.36 Å². The summed E-state index contributed by atoms with van der Waals surface area (Å²) >= 11 is 2.08. The number of likely N-dealkylation sites (tertiary alicyclic amines) is 1. The Kier molecular flexibility index (Phi) is 8.78. The van der Waals surface area contributed by atoms with Crippen molar-refractivity contribution < 1.29 is 59.0 Å². The molecule has 4 aliphatic rings. The molecule has 4 aliphatic heterocycles. The first-order valence-electron chi connectivity index (χ1n) is 11.5. The third-order valence-corrected chi connectivity index (χ3v) is 8.43. The smallest absolute Gasteiger partial charge is 0.543 e. The summed E-state index contributed by atoms with van der Waals surface area (Å²) in [6.45, 7) is 1.94. The summed E-state index contributed by atoms with van der Waals surface area (Å²) in [5.41, 5.74) is 6.00. The van der Waals surface area contributed by atoms with Gasteiger partial charge in [-0.3, -0.25) is 19.3 Å². The van der Waals surface area contributed by atoms with E-state index in [9.17, 15) is 29.5 Å². The molecule has 5 heterocycles. The Hall–Kier alpha value is -2.50. The van der Waals surface area contributed by atoms with Crippen molar-refractivity contribution in [1.82, 2.24) is 29.8 Å². The molecule has 0 saturated carbocycles. The first-order valence-corrected chi connectivity index (χ1v) is 13.3. The largest absolute Gasteiger partial charge is 1.00 e. The van der Waals surface area contributed by atoms with Gasteiger partial charge in [0, 0.05) is 36.9 Å². The molecule has 3 fully saturated rings. The fourth-order valence-electron chi connectivity index (χ4n) is 4.83. The number of hydrogen-bond acceptors (Lipinski definition) is 13. The van der Waals surface area contributed by atoms with Crippen LogP contribution < -0.4 is 51.0 Å². The Morgan fingerprint density at radius 3 is 2.66 bits per heavy atom.